The van der Waals surface area contributed by atoms with Crippen molar-refractivity contribution in [2.24, 2.45) is 0 Å². The molecule has 90 valence electrons. The van der Waals surface area contributed by atoms with E-state index in [1.54, 1.807) is 0 Å². The molecule has 0 atom stereocenters. The van der Waals surface area contributed by atoms with E-state index in [2.05, 4.69) is 5.16 Å². The summed E-state index contributed by atoms with van der Waals surface area (Å²) in [7, 11) is 0. The maximum atomic E-state index is 5.61. The fraction of sp³-hybridized carbons (Fsp3) is 0.308. The van der Waals surface area contributed by atoms with Crippen molar-refractivity contribution < 1.29 is 9.26 Å². The van der Waals surface area contributed by atoms with E-state index in [-0.39, 0.29) is 0 Å². The summed E-state index contributed by atoms with van der Waals surface area (Å²) in [6.07, 6.45) is 1.68. The van der Waals surface area contributed by atoms with E-state index in [1.807, 2.05) is 36.4 Å². The lowest BCUT2D eigenvalue weighted by molar-refractivity contribution is 0.266. The van der Waals surface area contributed by atoms with E-state index >= 15 is 0 Å². The SMILES string of the molecule is ClCCCc1cc(OCc2ccccc2)no1. The van der Waals surface area contributed by atoms with E-state index in [9.17, 15) is 0 Å². The molecule has 0 unspecified atom stereocenters. The maximum absolute atomic E-state index is 5.61. The molecule has 0 fully saturated rings. The Kier molecular flexibility index (Phi) is 4.45. The van der Waals surface area contributed by atoms with Crippen molar-refractivity contribution >= 4 is 11.6 Å². The molecule has 0 amide bonds. The Morgan fingerprint density at radius 3 is 2.82 bits per heavy atom. The molecule has 0 saturated heterocycles. The Hall–Kier alpha value is -1.48. The average Bonchev–Trinajstić information content (AvgIpc) is 2.83. The van der Waals surface area contributed by atoms with E-state index in [4.69, 9.17) is 20.9 Å². The largest absolute Gasteiger partial charge is 0.471 e. The van der Waals surface area contributed by atoms with Crippen molar-refractivity contribution in [2.75, 3.05) is 5.88 Å². The van der Waals surface area contributed by atoms with Crippen molar-refractivity contribution in [3.63, 3.8) is 0 Å². The van der Waals surface area contributed by atoms with Crippen LogP contribution in [0.5, 0.6) is 5.88 Å². The first-order chi connectivity index (χ1) is 8.38. The predicted octanol–water partition coefficient (Wildman–Crippen LogP) is 3.43. The third-order valence-corrected chi connectivity index (χ3v) is 2.59. The van der Waals surface area contributed by atoms with E-state index < -0.39 is 0 Å². The van der Waals surface area contributed by atoms with Gasteiger partial charge < -0.3 is 9.26 Å². The van der Waals surface area contributed by atoms with Gasteiger partial charge in [-0.3, -0.25) is 0 Å². The quantitative estimate of drug-likeness (QED) is 0.738. The first-order valence-corrected chi connectivity index (χ1v) is 6.10. The molecule has 4 heteroatoms. The highest BCUT2D eigenvalue weighted by Gasteiger charge is 2.04. The minimum Gasteiger partial charge on any atom is -0.471 e. The van der Waals surface area contributed by atoms with Crippen LogP contribution in [0, 0.1) is 0 Å². The fourth-order valence-corrected chi connectivity index (χ4v) is 1.59. The normalized spacial score (nSPS) is 10.4. The second-order valence-corrected chi connectivity index (χ2v) is 4.08. The van der Waals surface area contributed by atoms with Crippen molar-refractivity contribution in [3.8, 4) is 5.88 Å². The summed E-state index contributed by atoms with van der Waals surface area (Å²) in [4.78, 5) is 0. The van der Waals surface area contributed by atoms with Crippen molar-refractivity contribution in [2.45, 2.75) is 19.4 Å². The monoisotopic (exact) mass is 251 g/mol. The molecule has 2 rings (SSSR count). The van der Waals surface area contributed by atoms with Crippen molar-refractivity contribution in [3.05, 3.63) is 47.7 Å². The standard InChI is InChI=1S/C13H14ClNO2/c14-8-4-7-12-9-13(15-17-12)16-10-11-5-2-1-3-6-11/h1-3,5-6,9H,4,7-8,10H2. The number of rotatable bonds is 6. The Labute approximate surface area is 105 Å². The van der Waals surface area contributed by atoms with Gasteiger partial charge in [-0.2, -0.15) is 0 Å². The second-order valence-electron chi connectivity index (χ2n) is 3.70. The van der Waals surface area contributed by atoms with Crippen LogP contribution >= 0.6 is 11.6 Å². The predicted molar refractivity (Wildman–Crippen MR) is 66.3 cm³/mol. The maximum Gasteiger partial charge on any atom is 0.254 e. The molecule has 2 aromatic rings. The number of hydrogen-bond acceptors (Lipinski definition) is 3. The highest BCUT2D eigenvalue weighted by molar-refractivity contribution is 6.17. The van der Waals surface area contributed by atoms with Gasteiger partial charge in [-0.05, 0) is 17.1 Å². The lowest BCUT2D eigenvalue weighted by Gasteiger charge is -2.00. The summed E-state index contributed by atoms with van der Waals surface area (Å²) in [5, 5.41) is 3.84. The summed E-state index contributed by atoms with van der Waals surface area (Å²) in [5.74, 6) is 1.97. The molecule has 0 aliphatic carbocycles. The zero-order valence-corrected chi connectivity index (χ0v) is 10.2. The second kappa shape index (κ2) is 6.30. The number of nitrogens with zero attached hydrogens (tertiary/aromatic N) is 1. The van der Waals surface area contributed by atoms with Crippen LogP contribution < -0.4 is 4.74 Å². The first-order valence-electron chi connectivity index (χ1n) is 5.57. The lowest BCUT2D eigenvalue weighted by Crippen LogP contribution is -1.94. The highest BCUT2D eigenvalue weighted by atomic mass is 35.5. The first kappa shape index (κ1) is 12.0. The minimum atomic E-state index is 0.502. The molecular formula is C13H14ClNO2. The van der Waals surface area contributed by atoms with Gasteiger partial charge in [0.1, 0.15) is 12.4 Å². The summed E-state index contributed by atoms with van der Waals surface area (Å²) >= 11 is 5.61. The molecule has 1 aromatic heterocycles. The third kappa shape index (κ3) is 3.79. The fourth-order valence-electron chi connectivity index (χ4n) is 1.45. The Bertz CT molecular complexity index is 442. The number of aromatic nitrogens is 1. The summed E-state index contributed by atoms with van der Waals surface area (Å²) in [6.45, 7) is 0.502. The van der Waals surface area contributed by atoms with Gasteiger partial charge in [0.05, 0.1) is 0 Å². The zero-order valence-electron chi connectivity index (χ0n) is 9.43. The van der Waals surface area contributed by atoms with Gasteiger partial charge in [-0.25, -0.2) is 0 Å². The molecule has 0 bridgehead atoms. The molecule has 0 aliphatic rings. The molecular weight excluding hydrogens is 238 g/mol. The topological polar surface area (TPSA) is 35.3 Å². The van der Waals surface area contributed by atoms with Gasteiger partial charge in [-0.1, -0.05) is 30.3 Å². The Morgan fingerprint density at radius 1 is 1.24 bits per heavy atom. The van der Waals surface area contributed by atoms with Crippen molar-refractivity contribution in [1.82, 2.24) is 5.16 Å². The molecule has 0 aliphatic heterocycles. The van der Waals surface area contributed by atoms with Gasteiger partial charge in [0, 0.05) is 18.4 Å². The number of hydrogen-bond donors (Lipinski definition) is 0. The summed E-state index contributed by atoms with van der Waals surface area (Å²) < 4.78 is 10.6. The molecule has 0 N–H and O–H groups in total. The number of benzene rings is 1. The van der Waals surface area contributed by atoms with Crippen LogP contribution in [0.1, 0.15) is 17.7 Å². The zero-order chi connectivity index (χ0) is 11.9. The van der Waals surface area contributed by atoms with Gasteiger partial charge in [-0.15, -0.1) is 11.6 Å². The third-order valence-electron chi connectivity index (χ3n) is 2.32. The minimum absolute atomic E-state index is 0.502. The van der Waals surface area contributed by atoms with Crippen LogP contribution in [0.4, 0.5) is 0 Å². The van der Waals surface area contributed by atoms with Crippen LogP contribution in [0.15, 0.2) is 40.9 Å². The summed E-state index contributed by atoms with van der Waals surface area (Å²) in [5.41, 5.74) is 1.11. The Morgan fingerprint density at radius 2 is 2.06 bits per heavy atom. The van der Waals surface area contributed by atoms with Crippen LogP contribution in [0.2, 0.25) is 0 Å². The van der Waals surface area contributed by atoms with E-state index in [0.717, 1.165) is 24.2 Å². The summed E-state index contributed by atoms with van der Waals surface area (Å²) in [6, 6.07) is 11.8. The lowest BCUT2D eigenvalue weighted by atomic mass is 10.2. The van der Waals surface area contributed by atoms with E-state index in [1.165, 1.54) is 0 Å². The molecule has 1 heterocycles. The number of alkyl halides is 1. The van der Waals surface area contributed by atoms with Crippen molar-refractivity contribution in [1.29, 1.82) is 0 Å². The Balaban J connectivity index is 1.85. The van der Waals surface area contributed by atoms with Crippen LogP contribution in [-0.4, -0.2) is 11.0 Å². The smallest absolute Gasteiger partial charge is 0.254 e. The number of aryl methyl sites for hydroxylation is 1. The average molecular weight is 252 g/mol. The number of ether oxygens (including phenoxy) is 1. The highest BCUT2D eigenvalue weighted by Crippen LogP contribution is 2.14. The molecule has 0 saturated carbocycles. The molecule has 1 aromatic carbocycles. The molecule has 0 radical (unpaired) electrons. The van der Waals surface area contributed by atoms with E-state index in [0.29, 0.717) is 18.4 Å². The number of halogens is 1. The molecule has 3 nitrogen and oxygen atoms in total. The van der Waals surface area contributed by atoms with Gasteiger partial charge >= 0.3 is 0 Å². The van der Waals surface area contributed by atoms with Crippen LogP contribution in [-0.2, 0) is 13.0 Å². The molecule has 0 spiro atoms. The van der Waals surface area contributed by atoms with Crippen LogP contribution in [0.3, 0.4) is 0 Å². The molecule has 17 heavy (non-hydrogen) atoms. The van der Waals surface area contributed by atoms with Crippen LogP contribution in [0.25, 0.3) is 0 Å². The van der Waals surface area contributed by atoms with Gasteiger partial charge in [0.25, 0.3) is 5.88 Å². The van der Waals surface area contributed by atoms with Gasteiger partial charge in [0.15, 0.2) is 0 Å². The van der Waals surface area contributed by atoms with Gasteiger partial charge in [0.2, 0.25) is 0 Å².